The summed E-state index contributed by atoms with van der Waals surface area (Å²) in [5.41, 5.74) is 1.84. The van der Waals surface area contributed by atoms with E-state index in [1.165, 1.54) is 0 Å². The van der Waals surface area contributed by atoms with Crippen LogP contribution in [0.3, 0.4) is 0 Å². The summed E-state index contributed by atoms with van der Waals surface area (Å²) in [7, 11) is 3.16. The van der Waals surface area contributed by atoms with Crippen molar-refractivity contribution in [2.24, 2.45) is 0 Å². The summed E-state index contributed by atoms with van der Waals surface area (Å²) in [4.78, 5) is 14.5. The van der Waals surface area contributed by atoms with Gasteiger partial charge in [0.2, 0.25) is 5.91 Å². The lowest BCUT2D eigenvalue weighted by molar-refractivity contribution is -0.130. The predicted octanol–water partition coefficient (Wildman–Crippen LogP) is 2.67. The number of aryl methyl sites for hydroxylation is 1. The van der Waals surface area contributed by atoms with Crippen molar-refractivity contribution in [2.75, 3.05) is 27.3 Å². The summed E-state index contributed by atoms with van der Waals surface area (Å²) in [6.07, 6.45) is 0.819. The molecule has 1 aliphatic rings. The van der Waals surface area contributed by atoms with Crippen LogP contribution in [0, 0.1) is 6.92 Å². The van der Waals surface area contributed by atoms with E-state index in [1.807, 2.05) is 43.3 Å². The first-order valence-electron chi connectivity index (χ1n) is 8.74. The number of β-amino-alcohol motifs (C(OH)–C–C–N with tert-alkyl or cyclic N) is 1. The van der Waals surface area contributed by atoms with Crippen LogP contribution in [0.1, 0.15) is 23.1 Å². The highest BCUT2D eigenvalue weighted by atomic mass is 16.5. The Morgan fingerprint density at radius 3 is 2.58 bits per heavy atom. The van der Waals surface area contributed by atoms with Crippen molar-refractivity contribution >= 4 is 5.91 Å². The Balaban J connectivity index is 1.71. The number of hydrogen-bond donors (Lipinski definition) is 1. The molecule has 0 spiro atoms. The van der Waals surface area contributed by atoms with Gasteiger partial charge in [-0.15, -0.1) is 0 Å². The van der Waals surface area contributed by atoms with E-state index in [4.69, 9.17) is 9.47 Å². The molecule has 1 aliphatic heterocycles. The van der Waals surface area contributed by atoms with E-state index in [-0.39, 0.29) is 12.3 Å². The molecule has 1 atom stereocenters. The third kappa shape index (κ3) is 3.53. The number of rotatable bonds is 5. The molecule has 26 heavy (non-hydrogen) atoms. The van der Waals surface area contributed by atoms with Gasteiger partial charge in [0.25, 0.3) is 0 Å². The number of amides is 1. The third-order valence-electron chi connectivity index (χ3n) is 5.05. The summed E-state index contributed by atoms with van der Waals surface area (Å²) < 4.78 is 10.5. The minimum absolute atomic E-state index is 0.00160. The fourth-order valence-electron chi connectivity index (χ4n) is 3.60. The number of ether oxygens (including phenoxy) is 2. The molecule has 0 radical (unpaired) electrons. The standard InChI is InChI=1S/C21H25NO4/c1-15-6-4-5-7-17(15)21(24)10-11-22(14-21)20(23)13-16-8-9-18(25-2)19(12-16)26-3/h4-9,12,24H,10-11,13-14H2,1-3H3/t21-/m1/s1. The van der Waals surface area contributed by atoms with Gasteiger partial charge in [-0.25, -0.2) is 0 Å². The van der Waals surface area contributed by atoms with E-state index in [0.717, 1.165) is 16.7 Å². The molecule has 1 heterocycles. The zero-order valence-electron chi connectivity index (χ0n) is 15.5. The van der Waals surface area contributed by atoms with Gasteiger partial charge in [0.1, 0.15) is 5.60 Å². The first-order chi connectivity index (χ1) is 12.5. The second-order valence-corrected chi connectivity index (χ2v) is 6.78. The number of benzene rings is 2. The summed E-state index contributed by atoms with van der Waals surface area (Å²) in [5, 5.41) is 11.0. The minimum Gasteiger partial charge on any atom is -0.493 e. The molecule has 0 aliphatic carbocycles. The molecule has 2 aromatic carbocycles. The van der Waals surface area contributed by atoms with Crippen LogP contribution in [0.25, 0.3) is 0 Å². The van der Waals surface area contributed by atoms with Crippen molar-refractivity contribution in [1.82, 2.24) is 4.90 Å². The molecule has 5 nitrogen and oxygen atoms in total. The van der Waals surface area contributed by atoms with Crippen LogP contribution in [0.4, 0.5) is 0 Å². The lowest BCUT2D eigenvalue weighted by Crippen LogP contribution is -2.35. The monoisotopic (exact) mass is 355 g/mol. The molecule has 3 rings (SSSR count). The second kappa shape index (κ2) is 7.38. The highest BCUT2D eigenvalue weighted by Gasteiger charge is 2.40. The minimum atomic E-state index is -0.974. The van der Waals surface area contributed by atoms with Gasteiger partial charge in [0.15, 0.2) is 11.5 Å². The average molecular weight is 355 g/mol. The maximum Gasteiger partial charge on any atom is 0.227 e. The van der Waals surface area contributed by atoms with Crippen molar-refractivity contribution in [3.05, 3.63) is 59.2 Å². The summed E-state index contributed by atoms with van der Waals surface area (Å²) in [6.45, 7) is 2.86. The highest BCUT2D eigenvalue weighted by Crippen LogP contribution is 2.34. The first-order valence-corrected chi connectivity index (χ1v) is 8.74. The van der Waals surface area contributed by atoms with Crippen molar-refractivity contribution in [2.45, 2.75) is 25.4 Å². The van der Waals surface area contributed by atoms with Crippen LogP contribution >= 0.6 is 0 Å². The maximum absolute atomic E-state index is 12.7. The van der Waals surface area contributed by atoms with Gasteiger partial charge >= 0.3 is 0 Å². The van der Waals surface area contributed by atoms with Crippen molar-refractivity contribution in [3.8, 4) is 11.5 Å². The van der Waals surface area contributed by atoms with Crippen LogP contribution in [0.15, 0.2) is 42.5 Å². The van der Waals surface area contributed by atoms with Gasteiger partial charge in [-0.1, -0.05) is 30.3 Å². The largest absolute Gasteiger partial charge is 0.493 e. The van der Waals surface area contributed by atoms with Crippen LogP contribution in [0.2, 0.25) is 0 Å². The first kappa shape index (κ1) is 18.3. The molecular formula is C21H25NO4. The van der Waals surface area contributed by atoms with Gasteiger partial charge in [-0.05, 0) is 42.2 Å². The predicted molar refractivity (Wildman–Crippen MR) is 99.5 cm³/mol. The maximum atomic E-state index is 12.7. The molecule has 0 aromatic heterocycles. The lowest BCUT2D eigenvalue weighted by Gasteiger charge is -2.25. The smallest absolute Gasteiger partial charge is 0.227 e. The Morgan fingerprint density at radius 2 is 1.88 bits per heavy atom. The van der Waals surface area contributed by atoms with E-state index in [0.29, 0.717) is 31.0 Å². The average Bonchev–Trinajstić information content (AvgIpc) is 3.05. The lowest BCUT2D eigenvalue weighted by atomic mass is 9.89. The van der Waals surface area contributed by atoms with E-state index >= 15 is 0 Å². The normalized spacial score (nSPS) is 19.5. The van der Waals surface area contributed by atoms with Gasteiger partial charge in [0, 0.05) is 6.54 Å². The SMILES string of the molecule is COc1ccc(CC(=O)N2CC[C@](O)(c3ccccc3C)C2)cc1OC. The highest BCUT2D eigenvalue weighted by molar-refractivity contribution is 5.79. The number of hydrogen-bond acceptors (Lipinski definition) is 4. The fourth-order valence-corrected chi connectivity index (χ4v) is 3.60. The number of carbonyl (C=O) groups excluding carboxylic acids is 1. The Morgan fingerprint density at radius 1 is 1.15 bits per heavy atom. The summed E-state index contributed by atoms with van der Waals surface area (Å²) in [6, 6.07) is 13.3. The number of nitrogens with zero attached hydrogens (tertiary/aromatic N) is 1. The van der Waals surface area contributed by atoms with E-state index in [1.54, 1.807) is 25.2 Å². The molecule has 2 aromatic rings. The number of methoxy groups -OCH3 is 2. The second-order valence-electron chi connectivity index (χ2n) is 6.78. The number of likely N-dealkylation sites (tertiary alicyclic amines) is 1. The van der Waals surface area contributed by atoms with Crippen LogP contribution in [-0.4, -0.2) is 43.2 Å². The zero-order valence-corrected chi connectivity index (χ0v) is 15.5. The number of carbonyl (C=O) groups is 1. The molecule has 1 amide bonds. The van der Waals surface area contributed by atoms with Crippen molar-refractivity contribution in [3.63, 3.8) is 0 Å². The molecule has 1 N–H and O–H groups in total. The molecular weight excluding hydrogens is 330 g/mol. The Bertz CT molecular complexity index is 804. The van der Waals surface area contributed by atoms with Gasteiger partial charge in [0.05, 0.1) is 27.2 Å². The van der Waals surface area contributed by atoms with Gasteiger partial charge < -0.3 is 19.5 Å². The summed E-state index contributed by atoms with van der Waals surface area (Å²) in [5.74, 6) is 1.25. The van der Waals surface area contributed by atoms with Gasteiger partial charge in [-0.2, -0.15) is 0 Å². The Kier molecular flexibility index (Phi) is 5.18. The topological polar surface area (TPSA) is 59.0 Å². The zero-order chi connectivity index (χ0) is 18.7. The Hall–Kier alpha value is -2.53. The van der Waals surface area contributed by atoms with E-state index < -0.39 is 5.60 Å². The van der Waals surface area contributed by atoms with Crippen molar-refractivity contribution < 1.29 is 19.4 Å². The summed E-state index contributed by atoms with van der Waals surface area (Å²) >= 11 is 0. The molecule has 0 saturated carbocycles. The third-order valence-corrected chi connectivity index (χ3v) is 5.05. The van der Waals surface area contributed by atoms with Crippen molar-refractivity contribution in [1.29, 1.82) is 0 Å². The quantitative estimate of drug-likeness (QED) is 0.896. The molecule has 138 valence electrons. The Labute approximate surface area is 154 Å². The molecule has 0 bridgehead atoms. The molecule has 1 fully saturated rings. The van der Waals surface area contributed by atoms with E-state index in [9.17, 15) is 9.90 Å². The van der Waals surface area contributed by atoms with E-state index in [2.05, 4.69) is 0 Å². The van der Waals surface area contributed by atoms with Crippen LogP contribution in [0.5, 0.6) is 11.5 Å². The number of aliphatic hydroxyl groups is 1. The van der Waals surface area contributed by atoms with Gasteiger partial charge in [-0.3, -0.25) is 4.79 Å². The molecule has 1 saturated heterocycles. The van der Waals surface area contributed by atoms with Crippen LogP contribution < -0.4 is 9.47 Å². The fraction of sp³-hybridized carbons (Fsp3) is 0.381. The molecule has 5 heteroatoms. The molecule has 0 unspecified atom stereocenters. The van der Waals surface area contributed by atoms with Crippen LogP contribution in [-0.2, 0) is 16.8 Å².